The van der Waals surface area contributed by atoms with Crippen LogP contribution >= 0.6 is 0 Å². The van der Waals surface area contributed by atoms with Gasteiger partial charge in [-0.2, -0.15) is 0 Å². The first-order valence-electron chi connectivity index (χ1n) is 7.09. The average molecular weight is 279 g/mol. The van der Waals surface area contributed by atoms with Crippen molar-refractivity contribution in [2.45, 2.75) is 33.3 Å². The van der Waals surface area contributed by atoms with Crippen molar-refractivity contribution in [1.29, 1.82) is 0 Å². The van der Waals surface area contributed by atoms with Crippen LogP contribution in [0.2, 0.25) is 0 Å². The molecule has 0 saturated carbocycles. The number of carbonyl (C=O) groups excluding carboxylic acids is 1. The summed E-state index contributed by atoms with van der Waals surface area (Å²) in [6.45, 7) is 6.26. The number of aliphatic hydroxyl groups excluding tert-OH is 1. The van der Waals surface area contributed by atoms with Crippen molar-refractivity contribution in [3.8, 4) is 5.75 Å². The molecule has 112 valence electrons. The summed E-state index contributed by atoms with van der Waals surface area (Å²) < 4.78 is 5.12. The number of methoxy groups -OCH3 is 1. The number of carbonyl (C=O) groups is 1. The van der Waals surface area contributed by atoms with E-state index >= 15 is 0 Å². The zero-order chi connectivity index (χ0) is 15.1. The van der Waals surface area contributed by atoms with Crippen LogP contribution in [0, 0.1) is 11.8 Å². The molecule has 1 aromatic carbocycles. The van der Waals surface area contributed by atoms with Gasteiger partial charge in [0.2, 0.25) is 5.91 Å². The van der Waals surface area contributed by atoms with Crippen LogP contribution < -0.4 is 10.1 Å². The van der Waals surface area contributed by atoms with Gasteiger partial charge in [0, 0.05) is 12.5 Å². The molecule has 0 bridgehead atoms. The van der Waals surface area contributed by atoms with Crippen molar-refractivity contribution in [2.75, 3.05) is 13.7 Å². The Labute approximate surface area is 121 Å². The van der Waals surface area contributed by atoms with Crippen LogP contribution in [0.3, 0.4) is 0 Å². The Morgan fingerprint density at radius 2 is 2.10 bits per heavy atom. The van der Waals surface area contributed by atoms with Gasteiger partial charge in [0.1, 0.15) is 5.75 Å². The van der Waals surface area contributed by atoms with E-state index in [1.54, 1.807) is 13.2 Å². The van der Waals surface area contributed by atoms with Gasteiger partial charge in [-0.25, -0.2) is 0 Å². The maximum absolute atomic E-state index is 12.0. The molecule has 0 saturated heterocycles. The molecule has 3 unspecified atom stereocenters. The highest BCUT2D eigenvalue weighted by molar-refractivity contribution is 5.78. The van der Waals surface area contributed by atoms with Gasteiger partial charge in [-0.05, 0) is 23.6 Å². The van der Waals surface area contributed by atoms with Crippen molar-refractivity contribution >= 4 is 5.91 Å². The summed E-state index contributed by atoms with van der Waals surface area (Å²) in [7, 11) is 1.58. The summed E-state index contributed by atoms with van der Waals surface area (Å²) >= 11 is 0. The number of nitrogens with one attached hydrogen (secondary N) is 1. The van der Waals surface area contributed by atoms with Gasteiger partial charge in [0.15, 0.2) is 0 Å². The number of hydrogen-bond donors (Lipinski definition) is 2. The van der Waals surface area contributed by atoms with Gasteiger partial charge < -0.3 is 15.2 Å². The summed E-state index contributed by atoms with van der Waals surface area (Å²) in [4.78, 5) is 12.0. The van der Waals surface area contributed by atoms with Crippen LogP contribution in [0.5, 0.6) is 5.75 Å². The molecule has 0 aliphatic rings. The Morgan fingerprint density at radius 1 is 1.40 bits per heavy atom. The second kappa shape index (κ2) is 7.90. The van der Waals surface area contributed by atoms with Gasteiger partial charge in [0.25, 0.3) is 0 Å². The number of ether oxygens (including phenoxy) is 1. The molecule has 0 radical (unpaired) electrons. The molecule has 20 heavy (non-hydrogen) atoms. The molecule has 2 N–H and O–H groups in total. The lowest BCUT2D eigenvalue weighted by molar-refractivity contribution is -0.126. The minimum atomic E-state index is -0.724. The third kappa shape index (κ3) is 4.53. The van der Waals surface area contributed by atoms with Crippen LogP contribution in [0.1, 0.15) is 38.9 Å². The van der Waals surface area contributed by atoms with Crippen LogP contribution in [0.25, 0.3) is 0 Å². The summed E-state index contributed by atoms with van der Waals surface area (Å²) in [5.41, 5.74) is 0.737. The van der Waals surface area contributed by atoms with Crippen LogP contribution in [-0.2, 0) is 4.79 Å². The molecule has 0 spiro atoms. The topological polar surface area (TPSA) is 58.6 Å². The van der Waals surface area contributed by atoms with Gasteiger partial charge in [-0.15, -0.1) is 0 Å². The summed E-state index contributed by atoms with van der Waals surface area (Å²) in [5, 5.41) is 12.9. The number of rotatable bonds is 7. The SMILES string of the molecule is CCC(C)C(C)C(=O)NCC(O)c1cccc(OC)c1. The van der Waals surface area contributed by atoms with Gasteiger partial charge in [0.05, 0.1) is 13.2 Å². The standard InChI is InChI=1S/C16H25NO3/c1-5-11(2)12(3)16(19)17-10-15(18)13-7-6-8-14(9-13)20-4/h6-9,11-12,15,18H,5,10H2,1-4H3,(H,17,19). The van der Waals surface area contributed by atoms with Crippen molar-refractivity contribution in [2.24, 2.45) is 11.8 Å². The molecule has 1 rings (SSSR count). The lowest BCUT2D eigenvalue weighted by Crippen LogP contribution is -2.35. The van der Waals surface area contributed by atoms with E-state index in [4.69, 9.17) is 4.74 Å². The Morgan fingerprint density at radius 3 is 2.70 bits per heavy atom. The average Bonchev–Trinajstić information content (AvgIpc) is 2.50. The maximum atomic E-state index is 12.0. The van der Waals surface area contributed by atoms with E-state index in [0.717, 1.165) is 12.0 Å². The molecule has 1 amide bonds. The molecule has 0 aromatic heterocycles. The van der Waals surface area contributed by atoms with E-state index in [-0.39, 0.29) is 18.4 Å². The molecule has 0 fully saturated rings. The Hall–Kier alpha value is -1.55. The zero-order valence-corrected chi connectivity index (χ0v) is 12.7. The summed E-state index contributed by atoms with van der Waals surface area (Å²) in [6, 6.07) is 7.23. The van der Waals surface area contributed by atoms with Gasteiger partial charge >= 0.3 is 0 Å². The van der Waals surface area contributed by atoms with E-state index < -0.39 is 6.10 Å². The first kappa shape index (κ1) is 16.5. The first-order chi connectivity index (χ1) is 9.49. The van der Waals surface area contributed by atoms with Crippen LogP contribution in [0.4, 0.5) is 0 Å². The number of benzene rings is 1. The molecular weight excluding hydrogens is 254 g/mol. The predicted molar refractivity (Wildman–Crippen MR) is 79.6 cm³/mol. The van der Waals surface area contributed by atoms with E-state index in [1.165, 1.54) is 0 Å². The van der Waals surface area contributed by atoms with Crippen LogP contribution in [0.15, 0.2) is 24.3 Å². The fourth-order valence-corrected chi connectivity index (χ4v) is 1.94. The largest absolute Gasteiger partial charge is 0.497 e. The molecule has 3 atom stereocenters. The minimum Gasteiger partial charge on any atom is -0.497 e. The number of amides is 1. The van der Waals surface area contributed by atoms with Gasteiger partial charge in [-0.1, -0.05) is 39.3 Å². The fourth-order valence-electron chi connectivity index (χ4n) is 1.94. The highest BCUT2D eigenvalue weighted by Crippen LogP contribution is 2.19. The molecule has 4 nitrogen and oxygen atoms in total. The monoisotopic (exact) mass is 279 g/mol. The lowest BCUT2D eigenvalue weighted by Gasteiger charge is -2.19. The predicted octanol–water partition coefficient (Wildman–Crippen LogP) is 2.53. The Balaban J connectivity index is 2.54. The van der Waals surface area contributed by atoms with E-state index in [0.29, 0.717) is 11.7 Å². The van der Waals surface area contributed by atoms with E-state index in [2.05, 4.69) is 19.2 Å². The summed E-state index contributed by atoms with van der Waals surface area (Å²) in [5.74, 6) is 0.976. The third-order valence-electron chi connectivity index (χ3n) is 3.86. The van der Waals surface area contributed by atoms with Crippen molar-refractivity contribution < 1.29 is 14.6 Å². The maximum Gasteiger partial charge on any atom is 0.223 e. The molecule has 0 heterocycles. The number of aliphatic hydroxyl groups is 1. The smallest absolute Gasteiger partial charge is 0.223 e. The highest BCUT2D eigenvalue weighted by Gasteiger charge is 2.19. The van der Waals surface area contributed by atoms with Gasteiger partial charge in [-0.3, -0.25) is 4.79 Å². The quantitative estimate of drug-likeness (QED) is 0.806. The second-order valence-electron chi connectivity index (χ2n) is 5.21. The third-order valence-corrected chi connectivity index (χ3v) is 3.86. The molecular formula is C16H25NO3. The zero-order valence-electron chi connectivity index (χ0n) is 12.7. The number of hydrogen-bond acceptors (Lipinski definition) is 3. The van der Waals surface area contributed by atoms with Crippen molar-refractivity contribution in [3.05, 3.63) is 29.8 Å². The highest BCUT2D eigenvalue weighted by atomic mass is 16.5. The Kier molecular flexibility index (Phi) is 6.52. The molecule has 1 aromatic rings. The Bertz CT molecular complexity index is 433. The minimum absolute atomic E-state index is 0.0127. The molecule has 0 aliphatic carbocycles. The molecule has 4 heteroatoms. The normalized spacial score (nSPS) is 15.2. The van der Waals surface area contributed by atoms with Crippen molar-refractivity contribution in [3.63, 3.8) is 0 Å². The van der Waals surface area contributed by atoms with Crippen molar-refractivity contribution in [1.82, 2.24) is 5.32 Å². The first-order valence-corrected chi connectivity index (χ1v) is 7.09. The summed E-state index contributed by atoms with van der Waals surface area (Å²) in [6.07, 6.45) is 0.241. The van der Waals surface area contributed by atoms with Crippen LogP contribution in [-0.4, -0.2) is 24.7 Å². The fraction of sp³-hybridized carbons (Fsp3) is 0.562. The second-order valence-corrected chi connectivity index (χ2v) is 5.21. The molecule has 0 aliphatic heterocycles. The van der Waals surface area contributed by atoms with E-state index in [9.17, 15) is 9.90 Å². The lowest BCUT2D eigenvalue weighted by atomic mass is 9.93. The van der Waals surface area contributed by atoms with E-state index in [1.807, 2.05) is 25.1 Å².